The van der Waals surface area contributed by atoms with Gasteiger partial charge in [0.25, 0.3) is 11.5 Å². The Kier molecular flexibility index (Phi) is 7.02. The van der Waals surface area contributed by atoms with Crippen LogP contribution in [0.2, 0.25) is 5.02 Å². The summed E-state index contributed by atoms with van der Waals surface area (Å²) in [6.07, 6.45) is 0. The lowest BCUT2D eigenvalue weighted by Crippen LogP contribution is -2.43. The maximum atomic E-state index is 13.4. The number of aromatic nitrogens is 3. The normalized spacial score (nSPS) is 11.0. The van der Waals surface area contributed by atoms with E-state index in [0.29, 0.717) is 35.1 Å². The highest BCUT2D eigenvalue weighted by molar-refractivity contribution is 6.31. The van der Waals surface area contributed by atoms with Crippen LogP contribution in [0, 0.1) is 13.8 Å². The summed E-state index contributed by atoms with van der Waals surface area (Å²) in [5, 5.41) is 3.17. The summed E-state index contributed by atoms with van der Waals surface area (Å²) < 4.78 is 1.99. The van der Waals surface area contributed by atoms with Crippen LogP contribution in [-0.4, -0.2) is 43.9 Å². The minimum atomic E-state index is -0.742. The van der Waals surface area contributed by atoms with Crippen molar-refractivity contribution in [2.75, 3.05) is 18.4 Å². The first-order valence-corrected chi connectivity index (χ1v) is 10.9. The van der Waals surface area contributed by atoms with E-state index in [1.165, 1.54) is 17.7 Å². The van der Waals surface area contributed by atoms with E-state index < -0.39 is 23.7 Å². The Morgan fingerprint density at radius 2 is 1.82 bits per heavy atom. The summed E-state index contributed by atoms with van der Waals surface area (Å²) in [4.78, 5) is 58.1. The van der Waals surface area contributed by atoms with Gasteiger partial charge in [0.05, 0.1) is 10.9 Å². The van der Waals surface area contributed by atoms with Gasteiger partial charge < -0.3 is 10.2 Å². The number of carbonyl (C=O) groups excluding carboxylic acids is 2. The van der Waals surface area contributed by atoms with Gasteiger partial charge in [0.1, 0.15) is 12.2 Å². The van der Waals surface area contributed by atoms with E-state index in [1.54, 1.807) is 36.9 Å². The number of hydrogen-bond donors (Lipinski definition) is 1. The van der Waals surface area contributed by atoms with E-state index in [-0.39, 0.29) is 22.5 Å². The van der Waals surface area contributed by atoms with Gasteiger partial charge in [-0.1, -0.05) is 17.7 Å². The van der Waals surface area contributed by atoms with E-state index in [4.69, 9.17) is 11.6 Å². The van der Waals surface area contributed by atoms with Crippen molar-refractivity contribution in [2.24, 2.45) is 7.05 Å². The second-order valence-corrected chi connectivity index (χ2v) is 8.09. The molecular weight excluding hydrogens is 446 g/mol. The second kappa shape index (κ2) is 9.58. The van der Waals surface area contributed by atoms with Crippen LogP contribution in [0.15, 0.2) is 33.9 Å². The third-order valence-corrected chi connectivity index (χ3v) is 5.96. The number of halogens is 1. The SMILES string of the molecule is CCN(CC)C(=O)c1cc(C)nc2c1c(=O)n(CC(=O)Nc1cccc(Cl)c1C)c(=O)n2C. The first kappa shape index (κ1) is 24.2. The number of carbonyl (C=O) groups is 2. The number of hydrogen-bond acceptors (Lipinski definition) is 5. The molecule has 0 aliphatic rings. The number of pyridine rings is 1. The fraction of sp³-hybridized carbons (Fsp3) is 0.348. The molecule has 9 nitrogen and oxygen atoms in total. The molecule has 0 saturated carbocycles. The maximum Gasteiger partial charge on any atom is 0.332 e. The molecule has 3 aromatic rings. The zero-order chi connectivity index (χ0) is 24.4. The molecule has 0 unspecified atom stereocenters. The van der Waals surface area contributed by atoms with Crippen molar-refractivity contribution in [2.45, 2.75) is 34.2 Å². The molecule has 33 heavy (non-hydrogen) atoms. The van der Waals surface area contributed by atoms with Crippen LogP contribution in [0.1, 0.15) is 35.5 Å². The summed E-state index contributed by atoms with van der Waals surface area (Å²) in [6, 6.07) is 6.59. The quantitative estimate of drug-likeness (QED) is 0.594. The van der Waals surface area contributed by atoms with Gasteiger partial charge in [0, 0.05) is 36.5 Å². The van der Waals surface area contributed by atoms with E-state index >= 15 is 0 Å². The van der Waals surface area contributed by atoms with Crippen LogP contribution in [0.3, 0.4) is 0 Å². The Bertz CT molecular complexity index is 1370. The molecule has 1 N–H and O–H groups in total. The molecule has 10 heteroatoms. The van der Waals surface area contributed by atoms with Gasteiger partial charge in [-0.05, 0) is 51.5 Å². The number of rotatable bonds is 6. The topological polar surface area (TPSA) is 106 Å². The van der Waals surface area contributed by atoms with Crippen molar-refractivity contribution >= 4 is 40.1 Å². The highest BCUT2D eigenvalue weighted by Gasteiger charge is 2.23. The molecule has 0 aliphatic carbocycles. The number of anilines is 1. The fourth-order valence-electron chi connectivity index (χ4n) is 3.67. The van der Waals surface area contributed by atoms with Crippen molar-refractivity contribution < 1.29 is 9.59 Å². The predicted octanol–water partition coefficient (Wildman–Crippen LogP) is 2.49. The maximum absolute atomic E-state index is 13.4. The third kappa shape index (κ3) is 4.54. The minimum Gasteiger partial charge on any atom is -0.339 e. The highest BCUT2D eigenvalue weighted by atomic mass is 35.5. The van der Waals surface area contributed by atoms with Crippen molar-refractivity contribution in [1.82, 2.24) is 19.0 Å². The molecule has 2 amide bonds. The van der Waals surface area contributed by atoms with Crippen LogP contribution < -0.4 is 16.6 Å². The molecule has 0 radical (unpaired) electrons. The number of nitrogens with one attached hydrogen (secondary N) is 1. The molecule has 0 saturated heterocycles. The number of amides is 2. The molecule has 0 spiro atoms. The number of aryl methyl sites for hydroxylation is 2. The molecule has 1 aromatic carbocycles. The van der Waals surface area contributed by atoms with Gasteiger partial charge in [0.15, 0.2) is 0 Å². The van der Waals surface area contributed by atoms with Crippen LogP contribution in [0.5, 0.6) is 0 Å². The highest BCUT2D eigenvalue weighted by Crippen LogP contribution is 2.23. The van der Waals surface area contributed by atoms with Crippen molar-refractivity contribution in [1.29, 1.82) is 0 Å². The number of nitrogens with zero attached hydrogens (tertiary/aromatic N) is 4. The van der Waals surface area contributed by atoms with E-state index in [1.807, 2.05) is 13.8 Å². The number of fused-ring (bicyclic) bond motifs is 1. The smallest absolute Gasteiger partial charge is 0.332 e. The lowest BCUT2D eigenvalue weighted by atomic mass is 10.1. The fourth-order valence-corrected chi connectivity index (χ4v) is 3.84. The zero-order valence-corrected chi connectivity index (χ0v) is 20.0. The first-order valence-electron chi connectivity index (χ1n) is 10.6. The van der Waals surface area contributed by atoms with E-state index in [2.05, 4.69) is 10.3 Å². The molecule has 0 atom stereocenters. The molecule has 174 valence electrons. The molecule has 2 heterocycles. The minimum absolute atomic E-state index is 0.00587. The summed E-state index contributed by atoms with van der Waals surface area (Å²) in [5.41, 5.74) is 0.452. The van der Waals surface area contributed by atoms with Crippen molar-refractivity contribution in [3.8, 4) is 0 Å². The Morgan fingerprint density at radius 1 is 1.15 bits per heavy atom. The summed E-state index contributed by atoms with van der Waals surface area (Å²) in [7, 11) is 1.46. The van der Waals surface area contributed by atoms with Crippen LogP contribution >= 0.6 is 11.6 Å². The lowest BCUT2D eigenvalue weighted by molar-refractivity contribution is -0.116. The van der Waals surface area contributed by atoms with E-state index in [9.17, 15) is 19.2 Å². The monoisotopic (exact) mass is 471 g/mol. The largest absolute Gasteiger partial charge is 0.339 e. The lowest BCUT2D eigenvalue weighted by Gasteiger charge is -2.20. The Morgan fingerprint density at radius 3 is 2.45 bits per heavy atom. The van der Waals surface area contributed by atoms with Gasteiger partial charge >= 0.3 is 5.69 Å². The summed E-state index contributed by atoms with van der Waals surface area (Å²) >= 11 is 6.10. The van der Waals surface area contributed by atoms with Gasteiger partial charge in [-0.3, -0.25) is 23.5 Å². The van der Waals surface area contributed by atoms with Crippen LogP contribution in [0.4, 0.5) is 5.69 Å². The zero-order valence-electron chi connectivity index (χ0n) is 19.2. The predicted molar refractivity (Wildman–Crippen MR) is 128 cm³/mol. The van der Waals surface area contributed by atoms with Crippen LogP contribution in [0.25, 0.3) is 11.0 Å². The van der Waals surface area contributed by atoms with Crippen LogP contribution in [-0.2, 0) is 18.4 Å². The average molecular weight is 472 g/mol. The standard InChI is InChI=1S/C23H26ClN5O4/c1-6-28(7-2)21(31)15-11-13(3)25-20-19(15)22(32)29(23(33)27(20)5)12-18(30)26-17-10-8-9-16(24)14(17)4/h8-11H,6-7,12H2,1-5H3,(H,26,30). The second-order valence-electron chi connectivity index (χ2n) is 7.68. The first-order chi connectivity index (χ1) is 15.6. The molecule has 0 bridgehead atoms. The molecular formula is C23H26ClN5O4. The molecule has 3 rings (SSSR count). The number of benzene rings is 1. The third-order valence-electron chi connectivity index (χ3n) is 5.55. The summed E-state index contributed by atoms with van der Waals surface area (Å²) in [6.45, 7) is 7.51. The van der Waals surface area contributed by atoms with Gasteiger partial charge in [-0.2, -0.15) is 0 Å². The molecule has 2 aromatic heterocycles. The molecule has 0 fully saturated rings. The molecule has 0 aliphatic heterocycles. The van der Waals surface area contributed by atoms with Crippen molar-refractivity contribution in [3.05, 3.63) is 66.9 Å². The Hall–Kier alpha value is -3.46. The Labute approximate surface area is 195 Å². The van der Waals surface area contributed by atoms with Gasteiger partial charge in [-0.25, -0.2) is 9.78 Å². The van der Waals surface area contributed by atoms with Gasteiger partial charge in [-0.15, -0.1) is 0 Å². The van der Waals surface area contributed by atoms with Crippen molar-refractivity contribution in [3.63, 3.8) is 0 Å². The average Bonchev–Trinajstić information content (AvgIpc) is 2.78. The van der Waals surface area contributed by atoms with E-state index in [0.717, 1.165) is 4.57 Å². The Balaban J connectivity index is 2.14. The summed E-state index contributed by atoms with van der Waals surface area (Å²) in [5.74, 6) is -0.910. The van der Waals surface area contributed by atoms with Gasteiger partial charge in [0.2, 0.25) is 5.91 Å².